The summed E-state index contributed by atoms with van der Waals surface area (Å²) >= 11 is 13.5. The van der Waals surface area contributed by atoms with Gasteiger partial charge in [0.2, 0.25) is 0 Å². The second-order valence-corrected chi connectivity index (χ2v) is 8.16. The number of nitrogens with one attached hydrogen (secondary N) is 1. The third kappa shape index (κ3) is 5.72. The number of hydrogen-bond acceptors (Lipinski definition) is 6. The molecule has 1 amide bonds. The van der Waals surface area contributed by atoms with Crippen molar-refractivity contribution in [2.75, 3.05) is 5.32 Å². The predicted octanol–water partition coefficient (Wildman–Crippen LogP) is 5.52. The number of esters is 1. The highest BCUT2D eigenvalue weighted by Crippen LogP contribution is 2.29. The van der Waals surface area contributed by atoms with E-state index < -0.39 is 18.0 Å². The summed E-state index contributed by atoms with van der Waals surface area (Å²) in [5.74, 6) is -0.679. The minimum Gasteiger partial charge on any atom is -0.487 e. The molecule has 0 saturated carbocycles. The molecule has 0 spiro atoms. The number of anilines is 1. The average Bonchev–Trinajstić information content (AvgIpc) is 3.15. The zero-order valence-corrected chi connectivity index (χ0v) is 18.5. The van der Waals surface area contributed by atoms with E-state index in [9.17, 15) is 9.59 Å². The first-order valence-electron chi connectivity index (χ1n) is 8.93. The monoisotopic (exact) mass is 464 g/mol. The van der Waals surface area contributed by atoms with Gasteiger partial charge in [0.25, 0.3) is 5.91 Å². The third-order valence-corrected chi connectivity index (χ3v) is 5.63. The lowest BCUT2D eigenvalue weighted by molar-refractivity contribution is -0.123. The first-order chi connectivity index (χ1) is 14.3. The Hall–Kier alpha value is -2.61. The van der Waals surface area contributed by atoms with Crippen molar-refractivity contribution in [3.05, 3.63) is 74.2 Å². The number of ether oxygens (including phenoxy) is 2. The summed E-state index contributed by atoms with van der Waals surface area (Å²) in [6.07, 6.45) is -1.05. The normalized spacial score (nSPS) is 11.6. The fourth-order valence-electron chi connectivity index (χ4n) is 2.46. The Morgan fingerprint density at radius 2 is 1.97 bits per heavy atom. The van der Waals surface area contributed by atoms with Crippen molar-refractivity contribution >= 4 is 52.1 Å². The standard InChI is InChI=1S/C21H18Cl2N2O4S/c1-12(20(26)25-18-8-4-7-17(22)19(18)23)29-21(27)14-5-3-6-16(9-14)28-10-15-11-30-13(2)24-15/h3-9,11-12H,10H2,1-2H3,(H,25,26). The smallest absolute Gasteiger partial charge is 0.339 e. The van der Waals surface area contributed by atoms with Crippen molar-refractivity contribution < 1.29 is 19.1 Å². The van der Waals surface area contributed by atoms with E-state index in [1.54, 1.807) is 53.8 Å². The maximum atomic E-state index is 12.4. The van der Waals surface area contributed by atoms with Gasteiger partial charge in [0.15, 0.2) is 6.10 Å². The van der Waals surface area contributed by atoms with Crippen LogP contribution in [-0.4, -0.2) is 23.0 Å². The number of carbonyl (C=O) groups is 2. The van der Waals surface area contributed by atoms with Crippen LogP contribution in [0, 0.1) is 6.92 Å². The van der Waals surface area contributed by atoms with Crippen molar-refractivity contribution in [1.82, 2.24) is 4.98 Å². The fraction of sp³-hybridized carbons (Fsp3) is 0.190. The van der Waals surface area contributed by atoms with Crippen LogP contribution >= 0.6 is 34.5 Å². The van der Waals surface area contributed by atoms with Crippen LogP contribution < -0.4 is 10.1 Å². The van der Waals surface area contributed by atoms with E-state index in [-0.39, 0.29) is 10.6 Å². The van der Waals surface area contributed by atoms with Crippen LogP contribution in [0.4, 0.5) is 5.69 Å². The Bertz CT molecular complexity index is 1070. The number of carbonyl (C=O) groups excluding carboxylic acids is 2. The van der Waals surface area contributed by atoms with Crippen LogP contribution in [0.15, 0.2) is 47.8 Å². The van der Waals surface area contributed by atoms with Gasteiger partial charge in [-0.2, -0.15) is 0 Å². The van der Waals surface area contributed by atoms with E-state index in [0.717, 1.165) is 10.7 Å². The van der Waals surface area contributed by atoms with E-state index in [4.69, 9.17) is 32.7 Å². The zero-order chi connectivity index (χ0) is 21.7. The Kier molecular flexibility index (Phi) is 7.31. The third-order valence-electron chi connectivity index (χ3n) is 3.99. The molecule has 0 aliphatic rings. The molecule has 2 aromatic carbocycles. The Balaban J connectivity index is 1.59. The molecule has 1 aromatic heterocycles. The summed E-state index contributed by atoms with van der Waals surface area (Å²) in [5.41, 5.74) is 1.42. The number of aromatic nitrogens is 1. The molecule has 0 aliphatic carbocycles. The largest absolute Gasteiger partial charge is 0.487 e. The number of aryl methyl sites for hydroxylation is 1. The molecule has 30 heavy (non-hydrogen) atoms. The van der Waals surface area contributed by atoms with E-state index in [1.807, 2.05) is 12.3 Å². The Labute approximate surface area is 187 Å². The first kappa shape index (κ1) is 22.1. The molecule has 0 bridgehead atoms. The van der Waals surface area contributed by atoms with Crippen LogP contribution in [0.5, 0.6) is 5.75 Å². The van der Waals surface area contributed by atoms with Crippen LogP contribution in [0.2, 0.25) is 10.0 Å². The van der Waals surface area contributed by atoms with E-state index in [2.05, 4.69) is 10.3 Å². The Morgan fingerprint density at radius 3 is 2.70 bits per heavy atom. The molecule has 9 heteroatoms. The molecule has 6 nitrogen and oxygen atoms in total. The number of benzene rings is 2. The summed E-state index contributed by atoms with van der Waals surface area (Å²) in [7, 11) is 0. The molecule has 1 unspecified atom stereocenters. The van der Waals surface area contributed by atoms with E-state index in [0.29, 0.717) is 23.1 Å². The summed E-state index contributed by atoms with van der Waals surface area (Å²) in [5, 5.41) is 5.99. The van der Waals surface area contributed by atoms with Crippen molar-refractivity contribution in [3.8, 4) is 5.75 Å². The van der Waals surface area contributed by atoms with Gasteiger partial charge in [0, 0.05) is 5.38 Å². The first-order valence-corrected chi connectivity index (χ1v) is 10.6. The summed E-state index contributed by atoms with van der Waals surface area (Å²) in [6, 6.07) is 11.4. The van der Waals surface area contributed by atoms with Crippen LogP contribution in [0.3, 0.4) is 0 Å². The van der Waals surface area contributed by atoms with Gasteiger partial charge in [-0.15, -0.1) is 11.3 Å². The van der Waals surface area contributed by atoms with Crippen molar-refractivity contribution in [2.24, 2.45) is 0 Å². The van der Waals surface area contributed by atoms with Crippen LogP contribution in [-0.2, 0) is 16.1 Å². The SMILES string of the molecule is Cc1nc(COc2cccc(C(=O)OC(C)C(=O)Nc3cccc(Cl)c3Cl)c2)cs1. The summed E-state index contributed by atoms with van der Waals surface area (Å²) in [4.78, 5) is 29.1. The van der Waals surface area contributed by atoms with Gasteiger partial charge in [-0.1, -0.05) is 35.3 Å². The number of thiazole rings is 1. The molecule has 3 rings (SSSR count). The molecule has 1 atom stereocenters. The van der Waals surface area contributed by atoms with Crippen molar-refractivity contribution in [2.45, 2.75) is 26.6 Å². The van der Waals surface area contributed by atoms with Gasteiger partial charge in [0.05, 0.1) is 32.0 Å². The molecule has 1 N–H and O–H groups in total. The number of nitrogens with zero attached hydrogens (tertiary/aromatic N) is 1. The lowest BCUT2D eigenvalue weighted by atomic mass is 10.2. The number of amides is 1. The number of hydrogen-bond donors (Lipinski definition) is 1. The minimum atomic E-state index is -1.05. The predicted molar refractivity (Wildman–Crippen MR) is 118 cm³/mol. The van der Waals surface area contributed by atoms with Gasteiger partial charge in [-0.05, 0) is 44.2 Å². The van der Waals surface area contributed by atoms with Gasteiger partial charge in [-0.3, -0.25) is 4.79 Å². The molecule has 1 heterocycles. The quantitative estimate of drug-likeness (QED) is 0.465. The molecule has 156 valence electrons. The summed E-state index contributed by atoms with van der Waals surface area (Å²) in [6.45, 7) is 3.68. The summed E-state index contributed by atoms with van der Waals surface area (Å²) < 4.78 is 11.0. The van der Waals surface area contributed by atoms with E-state index in [1.165, 1.54) is 6.92 Å². The lowest BCUT2D eigenvalue weighted by Crippen LogP contribution is -2.30. The van der Waals surface area contributed by atoms with Crippen molar-refractivity contribution in [3.63, 3.8) is 0 Å². The van der Waals surface area contributed by atoms with E-state index >= 15 is 0 Å². The molecule has 0 saturated heterocycles. The van der Waals surface area contributed by atoms with Gasteiger partial charge in [0.1, 0.15) is 12.4 Å². The maximum Gasteiger partial charge on any atom is 0.339 e. The Morgan fingerprint density at radius 1 is 1.20 bits per heavy atom. The molecule has 0 radical (unpaired) electrons. The molecular formula is C21H18Cl2N2O4S. The second kappa shape index (κ2) is 9.93. The van der Waals surface area contributed by atoms with Crippen LogP contribution in [0.1, 0.15) is 28.0 Å². The zero-order valence-electron chi connectivity index (χ0n) is 16.1. The van der Waals surface area contributed by atoms with Crippen LogP contribution in [0.25, 0.3) is 0 Å². The van der Waals surface area contributed by atoms with Gasteiger partial charge >= 0.3 is 5.97 Å². The topological polar surface area (TPSA) is 77.5 Å². The molecule has 0 fully saturated rings. The highest BCUT2D eigenvalue weighted by Gasteiger charge is 2.20. The molecular weight excluding hydrogens is 447 g/mol. The number of rotatable bonds is 7. The minimum absolute atomic E-state index is 0.214. The van der Waals surface area contributed by atoms with Gasteiger partial charge < -0.3 is 14.8 Å². The lowest BCUT2D eigenvalue weighted by Gasteiger charge is -2.15. The number of halogens is 2. The molecule has 3 aromatic rings. The second-order valence-electron chi connectivity index (χ2n) is 6.31. The fourth-order valence-corrected chi connectivity index (χ4v) is 3.41. The van der Waals surface area contributed by atoms with Crippen molar-refractivity contribution in [1.29, 1.82) is 0 Å². The highest BCUT2D eigenvalue weighted by atomic mass is 35.5. The average molecular weight is 465 g/mol. The molecule has 0 aliphatic heterocycles. The van der Waals surface area contributed by atoms with Gasteiger partial charge in [-0.25, -0.2) is 9.78 Å². The highest BCUT2D eigenvalue weighted by molar-refractivity contribution is 7.09. The maximum absolute atomic E-state index is 12.4.